The summed E-state index contributed by atoms with van der Waals surface area (Å²) in [6, 6.07) is 3.42. The van der Waals surface area contributed by atoms with Crippen LogP contribution in [0.5, 0.6) is 0 Å². The van der Waals surface area contributed by atoms with Crippen molar-refractivity contribution in [3.05, 3.63) is 41.7 Å². The van der Waals surface area contributed by atoms with Crippen molar-refractivity contribution in [3.63, 3.8) is 0 Å². The summed E-state index contributed by atoms with van der Waals surface area (Å²) >= 11 is 0. The highest BCUT2D eigenvalue weighted by molar-refractivity contribution is 6.02. The monoisotopic (exact) mass is 257 g/mol. The molecule has 0 aromatic carbocycles. The van der Waals surface area contributed by atoms with Crippen molar-refractivity contribution in [1.29, 1.82) is 0 Å². The standard InChI is InChI=1S/C12H11N5O2/c1-7-3-11-13-5-9(6-17(11)15-7)14-12(18)10-4-8(2)19-16-10/h3-6H,1-2H3,(H,14,18). The van der Waals surface area contributed by atoms with Crippen molar-refractivity contribution in [1.82, 2.24) is 19.8 Å². The first-order chi connectivity index (χ1) is 9.11. The van der Waals surface area contributed by atoms with Crippen LogP contribution < -0.4 is 5.32 Å². The first-order valence-electron chi connectivity index (χ1n) is 5.68. The molecular weight excluding hydrogens is 246 g/mol. The summed E-state index contributed by atoms with van der Waals surface area (Å²) in [6.45, 7) is 3.61. The number of hydrogen-bond donors (Lipinski definition) is 1. The van der Waals surface area contributed by atoms with E-state index in [-0.39, 0.29) is 11.6 Å². The Bertz CT molecular complexity index is 758. The predicted octanol–water partition coefficient (Wildman–Crippen LogP) is 1.59. The van der Waals surface area contributed by atoms with E-state index in [0.29, 0.717) is 11.4 Å². The van der Waals surface area contributed by atoms with Gasteiger partial charge in [0.1, 0.15) is 5.76 Å². The lowest BCUT2D eigenvalue weighted by molar-refractivity contribution is 0.101. The van der Waals surface area contributed by atoms with Gasteiger partial charge in [0.05, 0.1) is 23.8 Å². The molecule has 7 nitrogen and oxygen atoms in total. The molecule has 0 bridgehead atoms. The van der Waals surface area contributed by atoms with E-state index in [1.54, 1.807) is 29.9 Å². The topological polar surface area (TPSA) is 85.3 Å². The van der Waals surface area contributed by atoms with Gasteiger partial charge in [-0.1, -0.05) is 5.16 Å². The Labute approximate surface area is 108 Å². The fourth-order valence-corrected chi connectivity index (χ4v) is 1.73. The number of anilines is 1. The molecule has 7 heteroatoms. The van der Waals surface area contributed by atoms with Gasteiger partial charge in [-0.05, 0) is 13.8 Å². The number of carbonyl (C=O) groups excluding carboxylic acids is 1. The highest BCUT2D eigenvalue weighted by Crippen LogP contribution is 2.10. The third-order valence-electron chi connectivity index (χ3n) is 2.55. The maximum Gasteiger partial charge on any atom is 0.277 e. The molecule has 0 unspecified atom stereocenters. The van der Waals surface area contributed by atoms with E-state index in [9.17, 15) is 4.79 Å². The van der Waals surface area contributed by atoms with Gasteiger partial charge < -0.3 is 9.84 Å². The number of amides is 1. The Hall–Kier alpha value is -2.70. The van der Waals surface area contributed by atoms with Gasteiger partial charge in [-0.2, -0.15) is 5.10 Å². The molecule has 0 aliphatic heterocycles. The SMILES string of the molecule is Cc1cc2ncc(NC(=O)c3cc(C)on3)cn2n1. The molecule has 1 amide bonds. The zero-order valence-corrected chi connectivity index (χ0v) is 10.4. The zero-order valence-electron chi connectivity index (χ0n) is 10.4. The lowest BCUT2D eigenvalue weighted by Crippen LogP contribution is -2.13. The molecule has 3 heterocycles. The van der Waals surface area contributed by atoms with E-state index in [4.69, 9.17) is 4.52 Å². The summed E-state index contributed by atoms with van der Waals surface area (Å²) in [5.41, 5.74) is 2.37. The second kappa shape index (κ2) is 4.20. The van der Waals surface area contributed by atoms with Crippen molar-refractivity contribution in [2.24, 2.45) is 0 Å². The van der Waals surface area contributed by atoms with E-state index >= 15 is 0 Å². The molecule has 19 heavy (non-hydrogen) atoms. The molecule has 3 rings (SSSR count). The van der Waals surface area contributed by atoms with Crippen LogP contribution >= 0.6 is 0 Å². The number of rotatable bonds is 2. The van der Waals surface area contributed by atoms with Crippen molar-refractivity contribution in [2.75, 3.05) is 5.32 Å². The average Bonchev–Trinajstić information content (AvgIpc) is 2.93. The molecule has 0 saturated heterocycles. The molecule has 0 aliphatic rings. The number of hydrogen-bond acceptors (Lipinski definition) is 5. The van der Waals surface area contributed by atoms with Crippen molar-refractivity contribution in [2.45, 2.75) is 13.8 Å². The largest absolute Gasteiger partial charge is 0.361 e. The zero-order chi connectivity index (χ0) is 13.4. The molecule has 0 atom stereocenters. The van der Waals surface area contributed by atoms with Crippen LogP contribution in [0, 0.1) is 13.8 Å². The van der Waals surface area contributed by atoms with Gasteiger partial charge in [-0.25, -0.2) is 9.50 Å². The van der Waals surface area contributed by atoms with E-state index in [2.05, 4.69) is 20.6 Å². The smallest absolute Gasteiger partial charge is 0.277 e. The van der Waals surface area contributed by atoms with Crippen LogP contribution in [0.3, 0.4) is 0 Å². The third-order valence-corrected chi connectivity index (χ3v) is 2.55. The molecule has 96 valence electrons. The Kier molecular flexibility index (Phi) is 2.52. The van der Waals surface area contributed by atoms with Gasteiger partial charge in [0.15, 0.2) is 11.3 Å². The number of fused-ring (bicyclic) bond motifs is 1. The maximum atomic E-state index is 11.9. The Morgan fingerprint density at radius 1 is 1.37 bits per heavy atom. The van der Waals surface area contributed by atoms with Gasteiger partial charge in [0.25, 0.3) is 5.91 Å². The highest BCUT2D eigenvalue weighted by Gasteiger charge is 2.11. The summed E-state index contributed by atoms with van der Waals surface area (Å²) in [5, 5.41) is 10.6. The number of aryl methyl sites for hydroxylation is 2. The minimum atomic E-state index is -0.345. The fraction of sp³-hybridized carbons (Fsp3) is 0.167. The van der Waals surface area contributed by atoms with Gasteiger partial charge in [0.2, 0.25) is 0 Å². The third kappa shape index (κ3) is 2.17. The van der Waals surface area contributed by atoms with Gasteiger partial charge in [-0.3, -0.25) is 4.79 Å². The predicted molar refractivity (Wildman–Crippen MR) is 66.9 cm³/mol. The number of carbonyl (C=O) groups is 1. The van der Waals surface area contributed by atoms with Crippen molar-refractivity contribution >= 4 is 17.2 Å². The first-order valence-corrected chi connectivity index (χ1v) is 5.68. The minimum absolute atomic E-state index is 0.231. The first kappa shape index (κ1) is 11.4. The Morgan fingerprint density at radius 2 is 2.21 bits per heavy atom. The minimum Gasteiger partial charge on any atom is -0.361 e. The lowest BCUT2D eigenvalue weighted by Gasteiger charge is -2.02. The molecule has 3 aromatic heterocycles. The van der Waals surface area contributed by atoms with Gasteiger partial charge in [-0.15, -0.1) is 0 Å². The molecule has 0 radical (unpaired) electrons. The van der Waals surface area contributed by atoms with E-state index in [1.165, 1.54) is 0 Å². The number of nitrogens with zero attached hydrogens (tertiary/aromatic N) is 4. The maximum absolute atomic E-state index is 11.9. The summed E-state index contributed by atoms with van der Waals surface area (Å²) in [6.07, 6.45) is 3.27. The summed E-state index contributed by atoms with van der Waals surface area (Å²) in [5.74, 6) is 0.239. The lowest BCUT2D eigenvalue weighted by atomic mass is 10.3. The Balaban J connectivity index is 1.86. The average molecular weight is 257 g/mol. The molecule has 0 fully saturated rings. The van der Waals surface area contributed by atoms with Crippen molar-refractivity contribution < 1.29 is 9.32 Å². The quantitative estimate of drug-likeness (QED) is 0.753. The number of nitrogens with one attached hydrogen (secondary N) is 1. The second-order valence-electron chi connectivity index (χ2n) is 4.21. The molecule has 0 spiro atoms. The number of aromatic nitrogens is 4. The van der Waals surface area contributed by atoms with E-state index in [1.807, 2.05) is 13.0 Å². The van der Waals surface area contributed by atoms with Crippen LogP contribution in [0.1, 0.15) is 21.9 Å². The molecule has 1 N–H and O–H groups in total. The Morgan fingerprint density at radius 3 is 2.95 bits per heavy atom. The van der Waals surface area contributed by atoms with Crippen LogP contribution in [0.2, 0.25) is 0 Å². The van der Waals surface area contributed by atoms with Crippen LogP contribution in [0.15, 0.2) is 29.0 Å². The molecule has 3 aromatic rings. The van der Waals surface area contributed by atoms with Gasteiger partial charge in [0, 0.05) is 12.1 Å². The summed E-state index contributed by atoms with van der Waals surface area (Å²) in [4.78, 5) is 16.1. The van der Waals surface area contributed by atoms with E-state index in [0.717, 1.165) is 11.3 Å². The van der Waals surface area contributed by atoms with Crippen LogP contribution in [-0.2, 0) is 0 Å². The van der Waals surface area contributed by atoms with Crippen LogP contribution in [0.4, 0.5) is 5.69 Å². The van der Waals surface area contributed by atoms with E-state index < -0.39 is 0 Å². The summed E-state index contributed by atoms with van der Waals surface area (Å²) in [7, 11) is 0. The van der Waals surface area contributed by atoms with Crippen molar-refractivity contribution in [3.8, 4) is 0 Å². The molecular formula is C12H11N5O2. The molecule has 0 saturated carbocycles. The van der Waals surface area contributed by atoms with Crippen LogP contribution in [-0.4, -0.2) is 25.7 Å². The van der Waals surface area contributed by atoms with Crippen LogP contribution in [0.25, 0.3) is 5.65 Å². The summed E-state index contributed by atoms with van der Waals surface area (Å²) < 4.78 is 6.46. The second-order valence-corrected chi connectivity index (χ2v) is 4.21. The molecule has 0 aliphatic carbocycles. The highest BCUT2D eigenvalue weighted by atomic mass is 16.5. The normalized spacial score (nSPS) is 10.8. The fourth-order valence-electron chi connectivity index (χ4n) is 1.73. The van der Waals surface area contributed by atoms with Gasteiger partial charge >= 0.3 is 0 Å².